The summed E-state index contributed by atoms with van der Waals surface area (Å²) in [4.78, 5) is 20.4. The Morgan fingerprint density at radius 2 is 1.17 bits per heavy atom. The summed E-state index contributed by atoms with van der Waals surface area (Å²) in [5.41, 5.74) is 0.662. The van der Waals surface area contributed by atoms with Gasteiger partial charge in [-0.05, 0) is 37.1 Å². The van der Waals surface area contributed by atoms with Gasteiger partial charge in [-0.3, -0.25) is 0 Å². The Balaban J connectivity index is 0.000000426. The van der Waals surface area contributed by atoms with Crippen LogP contribution in [0.4, 0.5) is 0 Å². The van der Waals surface area contributed by atoms with Crippen LogP contribution < -0.4 is 0 Å². The highest BCUT2D eigenvalue weighted by atomic mass is 16.4. The van der Waals surface area contributed by atoms with Crippen LogP contribution in [0.5, 0.6) is 0 Å². The molecular formula is C24H34O6. The molecule has 0 radical (unpaired) electrons. The number of rotatable bonds is 8. The van der Waals surface area contributed by atoms with Crippen molar-refractivity contribution in [2.45, 2.75) is 58.7 Å². The smallest absolute Gasteiger partial charge is 0.335 e. The van der Waals surface area contributed by atoms with E-state index in [1.807, 2.05) is 13.8 Å². The molecule has 2 aromatic carbocycles. The molecule has 0 aliphatic heterocycles. The first-order valence-electron chi connectivity index (χ1n) is 10.2. The molecule has 0 aliphatic carbocycles. The Kier molecular flexibility index (Phi) is 14.7. The highest BCUT2D eigenvalue weighted by Crippen LogP contribution is 2.16. The van der Waals surface area contributed by atoms with Crippen LogP contribution >= 0.6 is 0 Å². The Morgan fingerprint density at radius 1 is 0.767 bits per heavy atom. The van der Waals surface area contributed by atoms with Crippen molar-refractivity contribution in [3.05, 3.63) is 71.8 Å². The summed E-state index contributed by atoms with van der Waals surface area (Å²) in [6.07, 6.45) is 3.00. The van der Waals surface area contributed by atoms with Gasteiger partial charge in [0, 0.05) is 5.92 Å². The minimum absolute atomic E-state index is 0.0153. The SMILES string of the molecule is CCCCC(O)C(C)C(O)CC.O=C(O)c1ccccc1.O=C(O)c1ccccc1. The first-order chi connectivity index (χ1) is 14.2. The number of carboxylic acid groups (broad SMARTS) is 2. The average molecular weight is 419 g/mol. The number of unbranched alkanes of at least 4 members (excludes halogenated alkanes) is 1. The van der Waals surface area contributed by atoms with E-state index < -0.39 is 11.9 Å². The third kappa shape index (κ3) is 12.0. The van der Waals surface area contributed by atoms with E-state index in [2.05, 4.69) is 6.92 Å². The van der Waals surface area contributed by atoms with Gasteiger partial charge in [-0.1, -0.05) is 70.0 Å². The van der Waals surface area contributed by atoms with E-state index in [1.165, 1.54) is 0 Å². The van der Waals surface area contributed by atoms with Crippen LogP contribution in [0.2, 0.25) is 0 Å². The molecule has 166 valence electrons. The summed E-state index contributed by atoms with van der Waals surface area (Å²) in [6.45, 7) is 5.95. The number of hydrogen-bond acceptors (Lipinski definition) is 4. The second-order valence-corrected chi connectivity index (χ2v) is 6.89. The van der Waals surface area contributed by atoms with E-state index >= 15 is 0 Å². The largest absolute Gasteiger partial charge is 0.478 e. The molecule has 0 aromatic heterocycles. The zero-order valence-corrected chi connectivity index (χ0v) is 17.9. The summed E-state index contributed by atoms with van der Waals surface area (Å²) in [6, 6.07) is 16.6. The molecule has 0 amide bonds. The summed E-state index contributed by atoms with van der Waals surface area (Å²) in [5.74, 6) is -1.74. The zero-order valence-electron chi connectivity index (χ0n) is 17.9. The standard InChI is InChI=1S/C10H22O2.2C7H6O2/c1-4-6-7-10(12)8(3)9(11)5-2;2*8-7(9)6-4-2-1-3-5-6/h8-12H,4-7H2,1-3H3;2*1-5H,(H,8,9). The van der Waals surface area contributed by atoms with Gasteiger partial charge < -0.3 is 20.4 Å². The van der Waals surface area contributed by atoms with Crippen molar-refractivity contribution >= 4 is 11.9 Å². The first kappa shape index (κ1) is 27.3. The van der Waals surface area contributed by atoms with E-state index in [-0.39, 0.29) is 18.1 Å². The number of carboxylic acids is 2. The maximum atomic E-state index is 10.2. The van der Waals surface area contributed by atoms with Crippen molar-refractivity contribution < 1.29 is 30.0 Å². The second-order valence-electron chi connectivity index (χ2n) is 6.89. The van der Waals surface area contributed by atoms with Crippen LogP contribution in [-0.4, -0.2) is 44.6 Å². The number of aliphatic hydroxyl groups excluding tert-OH is 2. The predicted octanol–water partition coefficient (Wildman–Crippen LogP) is 4.71. The highest BCUT2D eigenvalue weighted by molar-refractivity contribution is 5.87. The third-order valence-electron chi connectivity index (χ3n) is 4.53. The lowest BCUT2D eigenvalue weighted by molar-refractivity contribution is 0.0152. The van der Waals surface area contributed by atoms with E-state index in [1.54, 1.807) is 60.7 Å². The fraction of sp³-hybridized carbons (Fsp3) is 0.417. The molecule has 3 atom stereocenters. The van der Waals surface area contributed by atoms with E-state index in [4.69, 9.17) is 10.2 Å². The zero-order chi connectivity index (χ0) is 22.9. The summed E-state index contributed by atoms with van der Waals surface area (Å²) < 4.78 is 0. The second kappa shape index (κ2) is 16.1. The summed E-state index contributed by atoms with van der Waals surface area (Å²) in [5, 5.41) is 35.8. The normalized spacial score (nSPS) is 12.8. The molecule has 0 saturated heterocycles. The monoisotopic (exact) mass is 418 g/mol. The molecular weight excluding hydrogens is 384 g/mol. The number of hydrogen-bond donors (Lipinski definition) is 4. The molecule has 0 heterocycles. The lowest BCUT2D eigenvalue weighted by atomic mass is 9.93. The number of aliphatic hydroxyl groups is 2. The molecule has 0 fully saturated rings. The van der Waals surface area contributed by atoms with E-state index in [0.717, 1.165) is 25.7 Å². The van der Waals surface area contributed by atoms with Crippen molar-refractivity contribution in [1.82, 2.24) is 0 Å². The van der Waals surface area contributed by atoms with Gasteiger partial charge >= 0.3 is 11.9 Å². The van der Waals surface area contributed by atoms with Crippen molar-refractivity contribution in [2.24, 2.45) is 5.92 Å². The van der Waals surface area contributed by atoms with Gasteiger partial charge in [0.05, 0.1) is 23.3 Å². The number of aromatic carboxylic acids is 2. The molecule has 4 N–H and O–H groups in total. The minimum atomic E-state index is -0.879. The van der Waals surface area contributed by atoms with Crippen LogP contribution in [0.25, 0.3) is 0 Å². The maximum absolute atomic E-state index is 10.2. The lowest BCUT2D eigenvalue weighted by Crippen LogP contribution is -2.28. The molecule has 2 aromatic rings. The van der Waals surface area contributed by atoms with Crippen LogP contribution in [0.3, 0.4) is 0 Å². The molecule has 0 spiro atoms. The van der Waals surface area contributed by atoms with Gasteiger partial charge in [0.25, 0.3) is 0 Å². The Labute approximate surface area is 178 Å². The highest BCUT2D eigenvalue weighted by Gasteiger charge is 2.20. The van der Waals surface area contributed by atoms with Crippen molar-refractivity contribution in [1.29, 1.82) is 0 Å². The Morgan fingerprint density at radius 3 is 1.43 bits per heavy atom. The molecule has 30 heavy (non-hydrogen) atoms. The number of carbonyl (C=O) groups is 2. The summed E-state index contributed by atoms with van der Waals surface area (Å²) in [7, 11) is 0. The minimum Gasteiger partial charge on any atom is -0.478 e. The van der Waals surface area contributed by atoms with Gasteiger partial charge in [0.15, 0.2) is 0 Å². The predicted molar refractivity (Wildman–Crippen MR) is 118 cm³/mol. The van der Waals surface area contributed by atoms with Crippen LogP contribution in [-0.2, 0) is 0 Å². The van der Waals surface area contributed by atoms with Crippen molar-refractivity contribution in [3.8, 4) is 0 Å². The van der Waals surface area contributed by atoms with Gasteiger partial charge in [0.2, 0.25) is 0 Å². The molecule has 6 nitrogen and oxygen atoms in total. The molecule has 6 heteroatoms. The Bertz CT molecular complexity index is 653. The number of benzene rings is 2. The van der Waals surface area contributed by atoms with Crippen molar-refractivity contribution in [2.75, 3.05) is 0 Å². The van der Waals surface area contributed by atoms with Gasteiger partial charge in [-0.2, -0.15) is 0 Å². The van der Waals surface area contributed by atoms with E-state index in [0.29, 0.717) is 11.1 Å². The fourth-order valence-electron chi connectivity index (χ4n) is 2.47. The third-order valence-corrected chi connectivity index (χ3v) is 4.53. The maximum Gasteiger partial charge on any atom is 0.335 e. The lowest BCUT2D eigenvalue weighted by Gasteiger charge is -2.22. The molecule has 0 saturated carbocycles. The fourth-order valence-corrected chi connectivity index (χ4v) is 2.47. The quantitative estimate of drug-likeness (QED) is 0.493. The molecule has 0 bridgehead atoms. The molecule has 0 aliphatic rings. The van der Waals surface area contributed by atoms with Crippen LogP contribution in [0, 0.1) is 5.92 Å². The molecule has 2 rings (SSSR count). The average Bonchev–Trinajstić information content (AvgIpc) is 2.78. The van der Waals surface area contributed by atoms with Crippen molar-refractivity contribution in [3.63, 3.8) is 0 Å². The molecule has 3 unspecified atom stereocenters. The van der Waals surface area contributed by atoms with Crippen LogP contribution in [0.15, 0.2) is 60.7 Å². The van der Waals surface area contributed by atoms with Crippen LogP contribution in [0.1, 0.15) is 67.2 Å². The topological polar surface area (TPSA) is 115 Å². The summed E-state index contributed by atoms with van der Waals surface area (Å²) >= 11 is 0. The Hall–Kier alpha value is -2.70. The van der Waals surface area contributed by atoms with Gasteiger partial charge in [-0.15, -0.1) is 0 Å². The van der Waals surface area contributed by atoms with Gasteiger partial charge in [0.1, 0.15) is 0 Å². The first-order valence-corrected chi connectivity index (χ1v) is 10.2. The van der Waals surface area contributed by atoms with Gasteiger partial charge in [-0.25, -0.2) is 9.59 Å². The van der Waals surface area contributed by atoms with E-state index in [9.17, 15) is 19.8 Å².